The minimum Gasteiger partial charge on any atom is -0.292 e. The van der Waals surface area contributed by atoms with Crippen LogP contribution in [0, 0.1) is 0 Å². The highest BCUT2D eigenvalue weighted by atomic mass is 35.5. The SMILES string of the molecule is CCCCc1ccccc1N(CN1C(=O)CSC1=O)C(=O)CCl. The third kappa shape index (κ3) is 4.26. The Balaban J connectivity index is 2.30. The van der Waals surface area contributed by atoms with Crippen molar-refractivity contribution in [3.8, 4) is 0 Å². The molecule has 0 aromatic heterocycles. The van der Waals surface area contributed by atoms with Crippen molar-refractivity contribution in [1.82, 2.24) is 4.90 Å². The number of hydrogen-bond donors (Lipinski definition) is 0. The van der Waals surface area contributed by atoms with Crippen LogP contribution in [0.1, 0.15) is 25.3 Å². The molecule has 1 fully saturated rings. The molecule has 1 aliphatic heterocycles. The van der Waals surface area contributed by atoms with Gasteiger partial charge in [-0.3, -0.25) is 24.2 Å². The zero-order valence-corrected chi connectivity index (χ0v) is 14.5. The van der Waals surface area contributed by atoms with Crippen molar-refractivity contribution in [2.75, 3.05) is 23.2 Å². The number of rotatable bonds is 7. The summed E-state index contributed by atoms with van der Waals surface area (Å²) in [6, 6.07) is 7.54. The Bertz CT molecular complexity index is 593. The molecule has 23 heavy (non-hydrogen) atoms. The Morgan fingerprint density at radius 3 is 2.70 bits per heavy atom. The summed E-state index contributed by atoms with van der Waals surface area (Å²) in [5.41, 5.74) is 1.73. The molecule has 124 valence electrons. The van der Waals surface area contributed by atoms with E-state index in [0.29, 0.717) is 5.69 Å². The van der Waals surface area contributed by atoms with Gasteiger partial charge in [-0.15, -0.1) is 11.6 Å². The van der Waals surface area contributed by atoms with E-state index in [0.717, 1.165) is 41.5 Å². The van der Waals surface area contributed by atoms with Gasteiger partial charge in [-0.1, -0.05) is 43.3 Å². The molecule has 1 saturated heterocycles. The smallest absolute Gasteiger partial charge is 0.290 e. The lowest BCUT2D eigenvalue weighted by atomic mass is 10.1. The van der Waals surface area contributed by atoms with Crippen molar-refractivity contribution in [2.45, 2.75) is 26.2 Å². The summed E-state index contributed by atoms with van der Waals surface area (Å²) in [6.45, 7) is 2.02. The van der Waals surface area contributed by atoms with E-state index >= 15 is 0 Å². The second kappa shape index (κ2) is 8.36. The molecule has 1 aromatic carbocycles. The van der Waals surface area contributed by atoms with Crippen molar-refractivity contribution in [2.24, 2.45) is 0 Å². The Kier molecular flexibility index (Phi) is 6.47. The molecule has 0 N–H and O–H groups in total. The van der Waals surface area contributed by atoms with Crippen molar-refractivity contribution in [3.05, 3.63) is 29.8 Å². The van der Waals surface area contributed by atoms with Crippen LogP contribution >= 0.6 is 23.4 Å². The van der Waals surface area contributed by atoms with Gasteiger partial charge in [0.15, 0.2) is 0 Å². The quantitative estimate of drug-likeness (QED) is 0.705. The third-order valence-electron chi connectivity index (χ3n) is 3.62. The molecule has 7 heteroatoms. The first-order valence-electron chi connectivity index (χ1n) is 7.49. The van der Waals surface area contributed by atoms with Gasteiger partial charge in [-0.2, -0.15) is 0 Å². The normalized spacial score (nSPS) is 14.4. The Labute approximate surface area is 145 Å². The van der Waals surface area contributed by atoms with E-state index in [1.54, 1.807) is 0 Å². The number of aryl methyl sites for hydroxylation is 1. The number of thioether (sulfide) groups is 1. The molecular formula is C16H19ClN2O3S. The second-order valence-corrected chi connectivity index (χ2v) is 6.40. The highest BCUT2D eigenvalue weighted by Gasteiger charge is 2.33. The van der Waals surface area contributed by atoms with Gasteiger partial charge in [0.1, 0.15) is 12.5 Å². The van der Waals surface area contributed by atoms with Gasteiger partial charge in [0.2, 0.25) is 11.8 Å². The van der Waals surface area contributed by atoms with E-state index < -0.39 is 0 Å². The summed E-state index contributed by atoms with van der Waals surface area (Å²) in [6.07, 6.45) is 2.87. The van der Waals surface area contributed by atoms with E-state index in [4.69, 9.17) is 11.6 Å². The summed E-state index contributed by atoms with van der Waals surface area (Å²) >= 11 is 6.68. The summed E-state index contributed by atoms with van der Waals surface area (Å²) in [5, 5.41) is -0.326. The van der Waals surface area contributed by atoms with Crippen molar-refractivity contribution in [1.29, 1.82) is 0 Å². The summed E-state index contributed by atoms with van der Waals surface area (Å²) in [7, 11) is 0. The maximum Gasteiger partial charge on any atom is 0.290 e. The topological polar surface area (TPSA) is 57.7 Å². The monoisotopic (exact) mass is 354 g/mol. The van der Waals surface area contributed by atoms with Gasteiger partial charge in [-0.05, 0) is 24.5 Å². The van der Waals surface area contributed by atoms with Crippen LogP contribution in [-0.4, -0.2) is 40.3 Å². The van der Waals surface area contributed by atoms with Crippen LogP contribution in [0.4, 0.5) is 10.5 Å². The maximum absolute atomic E-state index is 12.3. The molecule has 0 aliphatic carbocycles. The molecule has 1 aromatic rings. The lowest BCUT2D eigenvalue weighted by Crippen LogP contribution is -2.44. The van der Waals surface area contributed by atoms with Crippen molar-refractivity contribution in [3.63, 3.8) is 0 Å². The number of para-hydroxylation sites is 1. The fourth-order valence-corrected chi connectivity index (χ4v) is 3.24. The average molecular weight is 355 g/mol. The lowest BCUT2D eigenvalue weighted by Gasteiger charge is -2.28. The standard InChI is InChI=1S/C16H19ClN2O3S/c1-2-3-6-12-7-4-5-8-13(12)18(14(20)9-17)11-19-15(21)10-23-16(19)22/h4-5,7-8H,2-3,6,9-11H2,1H3. The van der Waals surface area contributed by atoms with Crippen LogP contribution < -0.4 is 4.90 Å². The second-order valence-electron chi connectivity index (χ2n) is 5.21. The predicted molar refractivity (Wildman–Crippen MR) is 92.8 cm³/mol. The molecule has 0 saturated carbocycles. The highest BCUT2D eigenvalue weighted by molar-refractivity contribution is 8.14. The van der Waals surface area contributed by atoms with Crippen LogP contribution in [-0.2, 0) is 16.0 Å². The van der Waals surface area contributed by atoms with E-state index in [9.17, 15) is 14.4 Å². The van der Waals surface area contributed by atoms with Crippen LogP contribution in [0.15, 0.2) is 24.3 Å². The molecule has 1 aliphatic rings. The molecular weight excluding hydrogens is 336 g/mol. The molecule has 3 amide bonds. The number of imide groups is 1. The van der Waals surface area contributed by atoms with Crippen LogP contribution in [0.25, 0.3) is 0 Å². The largest absolute Gasteiger partial charge is 0.292 e. The number of nitrogens with zero attached hydrogens (tertiary/aromatic N) is 2. The number of anilines is 1. The number of benzene rings is 1. The molecule has 0 spiro atoms. The van der Waals surface area contributed by atoms with E-state index in [1.807, 2.05) is 24.3 Å². The molecule has 5 nitrogen and oxygen atoms in total. The first kappa shape index (κ1) is 17.8. The average Bonchev–Trinajstić information content (AvgIpc) is 2.89. The van der Waals surface area contributed by atoms with Crippen molar-refractivity contribution >= 4 is 46.1 Å². The highest BCUT2D eigenvalue weighted by Crippen LogP contribution is 2.26. The van der Waals surface area contributed by atoms with Gasteiger partial charge >= 0.3 is 0 Å². The lowest BCUT2D eigenvalue weighted by molar-refractivity contribution is -0.125. The summed E-state index contributed by atoms with van der Waals surface area (Å²) in [5.74, 6) is -0.684. The molecule has 0 radical (unpaired) electrons. The van der Waals surface area contributed by atoms with E-state index in [1.165, 1.54) is 4.90 Å². The molecule has 1 heterocycles. The number of alkyl halides is 1. The predicted octanol–water partition coefficient (Wildman–Crippen LogP) is 3.25. The number of halogens is 1. The fraction of sp³-hybridized carbons (Fsp3) is 0.438. The van der Waals surface area contributed by atoms with Crippen LogP contribution in [0.2, 0.25) is 0 Å². The number of hydrogen-bond acceptors (Lipinski definition) is 4. The Morgan fingerprint density at radius 1 is 1.35 bits per heavy atom. The number of carbonyl (C=O) groups excluding carboxylic acids is 3. The fourth-order valence-electron chi connectivity index (χ4n) is 2.37. The van der Waals surface area contributed by atoms with Crippen LogP contribution in [0.5, 0.6) is 0 Å². The first-order chi connectivity index (χ1) is 11.1. The van der Waals surface area contributed by atoms with Crippen molar-refractivity contribution < 1.29 is 14.4 Å². The zero-order valence-electron chi connectivity index (χ0n) is 13.0. The molecule has 0 bridgehead atoms. The Hall–Kier alpha value is -1.53. The number of unbranched alkanes of at least 4 members (excludes halogenated alkanes) is 1. The molecule has 2 rings (SSSR count). The minimum absolute atomic E-state index is 0.0840. The first-order valence-corrected chi connectivity index (χ1v) is 9.01. The van der Waals surface area contributed by atoms with Gasteiger partial charge in [0.25, 0.3) is 5.24 Å². The van der Waals surface area contributed by atoms with Gasteiger partial charge in [0, 0.05) is 5.69 Å². The van der Waals surface area contributed by atoms with E-state index in [-0.39, 0.29) is 35.4 Å². The van der Waals surface area contributed by atoms with Gasteiger partial charge in [-0.25, -0.2) is 0 Å². The maximum atomic E-state index is 12.3. The molecule has 0 unspecified atom stereocenters. The zero-order chi connectivity index (χ0) is 16.8. The van der Waals surface area contributed by atoms with Gasteiger partial charge in [0.05, 0.1) is 5.75 Å². The summed E-state index contributed by atoms with van der Waals surface area (Å²) < 4.78 is 0. The van der Waals surface area contributed by atoms with E-state index in [2.05, 4.69) is 6.92 Å². The number of amides is 3. The third-order valence-corrected chi connectivity index (χ3v) is 4.71. The minimum atomic E-state index is -0.326. The summed E-state index contributed by atoms with van der Waals surface area (Å²) in [4.78, 5) is 38.5. The Morgan fingerprint density at radius 2 is 2.09 bits per heavy atom. The van der Waals surface area contributed by atoms with Gasteiger partial charge < -0.3 is 0 Å². The molecule has 0 atom stereocenters. The number of carbonyl (C=O) groups is 3. The van der Waals surface area contributed by atoms with Crippen LogP contribution in [0.3, 0.4) is 0 Å².